The lowest BCUT2D eigenvalue weighted by Crippen LogP contribution is -2.72. The van der Waals surface area contributed by atoms with E-state index in [0.717, 1.165) is 15.7 Å². The molecule has 0 radical (unpaired) electrons. The lowest BCUT2D eigenvalue weighted by atomic mass is 9.86. The Hall–Kier alpha value is -2.69. The van der Waals surface area contributed by atoms with Gasteiger partial charge in [-0.1, -0.05) is 28.3 Å². The van der Waals surface area contributed by atoms with Crippen molar-refractivity contribution in [2.75, 3.05) is 10.8 Å². The molecule has 2 atom stereocenters. The summed E-state index contributed by atoms with van der Waals surface area (Å²) in [5, 5.41) is 34.3. The van der Waals surface area contributed by atoms with Crippen molar-refractivity contribution in [2.24, 2.45) is 5.16 Å². The summed E-state index contributed by atoms with van der Waals surface area (Å²) < 4.78 is 0.773. The van der Waals surface area contributed by atoms with E-state index in [1.54, 1.807) is 5.51 Å². The molecule has 2 aromatic heterocycles. The van der Waals surface area contributed by atoms with Gasteiger partial charge in [-0.25, -0.2) is 9.78 Å². The molecule has 0 saturated carbocycles. The van der Waals surface area contributed by atoms with Crippen LogP contribution in [0.4, 0.5) is 5.13 Å². The maximum atomic E-state index is 12.8. The number of hydrogen-bond acceptors (Lipinski definition) is 13. The van der Waals surface area contributed by atoms with Crippen LogP contribution >= 0.6 is 46.2 Å². The van der Waals surface area contributed by atoms with Crippen LogP contribution in [0.1, 0.15) is 18.5 Å². The number of hydrogen-bond donors (Lipinski definition) is 4. The molecule has 0 unspecified atom stereocenters. The van der Waals surface area contributed by atoms with Crippen LogP contribution in [-0.2, 0) is 14.4 Å². The summed E-state index contributed by atoms with van der Waals surface area (Å²) in [5.74, 6) is -2.54. The molecule has 4 rings (SSSR count). The van der Waals surface area contributed by atoms with E-state index in [1.807, 2.05) is 0 Å². The molecule has 0 spiro atoms. The van der Waals surface area contributed by atoms with Gasteiger partial charge < -0.3 is 21.4 Å². The summed E-state index contributed by atoms with van der Waals surface area (Å²) >= 11 is 5.24. The molecule has 5 N–H and O–H groups in total. The maximum Gasteiger partial charge on any atom is 0.353 e. The van der Waals surface area contributed by atoms with Crippen LogP contribution < -0.4 is 11.1 Å². The first-order valence-corrected chi connectivity index (χ1v) is 12.7. The minimum atomic E-state index is -1.20. The second-order valence-corrected chi connectivity index (χ2v) is 10.9. The Labute approximate surface area is 197 Å². The summed E-state index contributed by atoms with van der Waals surface area (Å²) in [4.78, 5) is 42.9. The zero-order valence-electron chi connectivity index (χ0n) is 16.0. The van der Waals surface area contributed by atoms with Crippen LogP contribution in [0.25, 0.3) is 0 Å². The van der Waals surface area contributed by atoms with E-state index < -0.39 is 29.9 Å². The molecule has 2 aromatic rings. The van der Waals surface area contributed by atoms with Gasteiger partial charge in [0, 0.05) is 10.3 Å². The number of carboxylic acid groups (broad SMARTS) is 1. The average Bonchev–Trinajstić information content (AvgIpc) is 3.44. The van der Waals surface area contributed by atoms with Gasteiger partial charge in [0.15, 0.2) is 15.2 Å². The number of carbonyl (C=O) groups is 3. The predicted molar refractivity (Wildman–Crippen MR) is 120 cm³/mol. The second-order valence-electron chi connectivity index (χ2n) is 6.47. The fraction of sp³-hybridized carbons (Fsp3) is 0.312. The highest BCUT2D eigenvalue weighted by molar-refractivity contribution is 8.18. The number of anilines is 1. The summed E-state index contributed by atoms with van der Waals surface area (Å²) in [5.41, 5.74) is 6.80. The molecule has 0 aromatic carbocycles. The number of allylic oxidation sites excluding steroid dienone is 1. The van der Waals surface area contributed by atoms with Crippen LogP contribution in [0.3, 0.4) is 0 Å². The number of thioether (sulfide) groups is 2. The molecule has 1 saturated heterocycles. The summed E-state index contributed by atoms with van der Waals surface area (Å²) in [6.07, 6.45) is 0.932. The number of nitrogen functional groups attached to an aromatic ring is 1. The highest BCUT2D eigenvalue weighted by Crippen LogP contribution is 2.42. The van der Waals surface area contributed by atoms with Crippen molar-refractivity contribution >= 4 is 74.8 Å². The Bertz CT molecular complexity index is 1120. The third kappa shape index (κ3) is 4.30. The Morgan fingerprint density at radius 1 is 1.38 bits per heavy atom. The number of rotatable bonds is 8. The topological polar surface area (TPSA) is 184 Å². The van der Waals surface area contributed by atoms with Crippen LogP contribution in [-0.4, -0.2) is 71.1 Å². The Morgan fingerprint density at radius 2 is 2.19 bits per heavy atom. The highest BCUT2D eigenvalue weighted by atomic mass is 32.2. The SMILES string of the molecule is Nc1nc(/C(=N/O)C(=O)N[C@@H]2C(=O)N3C(C(=O)O)=C(SCSc4nncs4)CC[C@H]23)cs1. The number of carboxylic acids is 1. The zero-order valence-corrected chi connectivity index (χ0v) is 19.3. The number of carbonyl (C=O) groups excluding carboxylic acids is 2. The van der Waals surface area contributed by atoms with Crippen molar-refractivity contribution in [1.29, 1.82) is 0 Å². The number of nitrogens with one attached hydrogen (secondary N) is 1. The predicted octanol–water partition coefficient (Wildman–Crippen LogP) is 1.02. The van der Waals surface area contributed by atoms with Gasteiger partial charge in [0.05, 0.1) is 11.1 Å². The van der Waals surface area contributed by atoms with Crippen molar-refractivity contribution in [2.45, 2.75) is 29.3 Å². The average molecular weight is 514 g/mol. The monoisotopic (exact) mass is 513 g/mol. The van der Waals surface area contributed by atoms with Gasteiger partial charge in [0.2, 0.25) is 0 Å². The smallest absolute Gasteiger partial charge is 0.353 e. The normalized spacial score (nSPS) is 20.7. The Balaban J connectivity index is 1.44. The molecule has 0 aliphatic carbocycles. The number of amides is 2. The maximum absolute atomic E-state index is 12.8. The molecule has 0 bridgehead atoms. The number of β-lactam (4-membered cyclic amide) rings is 1. The second kappa shape index (κ2) is 9.43. The lowest BCUT2D eigenvalue weighted by Gasteiger charge is -2.50. The van der Waals surface area contributed by atoms with Crippen LogP contribution in [0, 0.1) is 0 Å². The van der Waals surface area contributed by atoms with E-state index in [2.05, 4.69) is 25.7 Å². The third-order valence-corrected chi connectivity index (χ3v) is 8.53. The van der Waals surface area contributed by atoms with E-state index in [9.17, 15) is 24.7 Å². The number of aromatic nitrogens is 3. The first-order valence-electron chi connectivity index (χ1n) is 8.96. The fourth-order valence-corrected chi connectivity index (χ4v) is 6.92. The van der Waals surface area contributed by atoms with E-state index in [-0.39, 0.29) is 22.2 Å². The van der Waals surface area contributed by atoms with Crippen LogP contribution in [0.15, 0.2) is 31.0 Å². The van der Waals surface area contributed by atoms with Gasteiger partial charge >= 0.3 is 5.97 Å². The molecule has 1 fully saturated rings. The molecule has 2 aliphatic heterocycles. The highest BCUT2D eigenvalue weighted by Gasteiger charge is 2.53. The lowest BCUT2D eigenvalue weighted by molar-refractivity contribution is -0.155. The molecule has 16 heteroatoms. The molecule has 12 nitrogen and oxygen atoms in total. The van der Waals surface area contributed by atoms with Gasteiger partial charge in [0.1, 0.15) is 22.9 Å². The molecule has 4 heterocycles. The summed E-state index contributed by atoms with van der Waals surface area (Å²) in [6, 6.07) is -1.43. The van der Waals surface area contributed by atoms with Gasteiger partial charge in [-0.15, -0.1) is 33.3 Å². The van der Waals surface area contributed by atoms with Crippen molar-refractivity contribution < 1.29 is 24.7 Å². The Morgan fingerprint density at radius 3 is 2.81 bits per heavy atom. The number of thiazole rings is 1. The first kappa shape index (κ1) is 22.5. The van der Waals surface area contributed by atoms with E-state index in [1.165, 1.54) is 45.1 Å². The Kier molecular flexibility index (Phi) is 6.63. The molecule has 2 aliphatic rings. The summed E-state index contributed by atoms with van der Waals surface area (Å²) in [6.45, 7) is 0. The van der Waals surface area contributed by atoms with E-state index in [0.29, 0.717) is 22.8 Å². The zero-order chi connectivity index (χ0) is 22.8. The molecule has 32 heavy (non-hydrogen) atoms. The summed E-state index contributed by atoms with van der Waals surface area (Å²) in [7, 11) is 0. The number of nitrogens with two attached hydrogens (primary N) is 1. The molecular weight excluding hydrogens is 498 g/mol. The molecule has 168 valence electrons. The fourth-order valence-electron chi connectivity index (χ4n) is 3.36. The molecule has 2 amide bonds. The number of oxime groups is 1. The van der Waals surface area contributed by atoms with Crippen LogP contribution in [0.5, 0.6) is 0 Å². The quantitative estimate of drug-likeness (QED) is 0.0986. The van der Waals surface area contributed by atoms with Gasteiger partial charge in [-0.3, -0.25) is 14.5 Å². The minimum Gasteiger partial charge on any atom is -0.477 e. The first-order chi connectivity index (χ1) is 15.4. The van der Waals surface area contributed by atoms with E-state index >= 15 is 0 Å². The third-order valence-electron chi connectivity index (χ3n) is 4.72. The van der Waals surface area contributed by atoms with Crippen molar-refractivity contribution in [3.05, 3.63) is 27.2 Å². The minimum absolute atomic E-state index is 0.0667. The van der Waals surface area contributed by atoms with Gasteiger partial charge in [0.25, 0.3) is 11.8 Å². The molecular formula is C16H15N7O5S4. The van der Waals surface area contributed by atoms with Gasteiger partial charge in [-0.05, 0) is 12.8 Å². The van der Waals surface area contributed by atoms with Crippen LogP contribution in [0.2, 0.25) is 0 Å². The van der Waals surface area contributed by atoms with Crippen molar-refractivity contribution in [1.82, 2.24) is 25.4 Å². The number of fused-ring (bicyclic) bond motifs is 1. The van der Waals surface area contributed by atoms with Crippen molar-refractivity contribution in [3.63, 3.8) is 0 Å². The number of nitrogens with zero attached hydrogens (tertiary/aromatic N) is 5. The standard InChI is InChI=1S/C16H15N7O5S4/c17-15-19-6(3-29-15)9(22-28)12(24)20-10-7-1-2-8(11(14(26)27)23(7)13(10)25)31-5-32-16-21-18-4-30-16/h3-4,7,10,28H,1-2,5H2,(H2,17,19)(H,20,24)(H,26,27)/b22-9-/t7-,10+/m1/s1. The van der Waals surface area contributed by atoms with E-state index in [4.69, 9.17) is 5.73 Å². The van der Waals surface area contributed by atoms with Gasteiger partial charge in [-0.2, -0.15) is 0 Å². The largest absolute Gasteiger partial charge is 0.477 e. The number of aliphatic carboxylic acids is 1. The van der Waals surface area contributed by atoms with Crippen molar-refractivity contribution in [3.8, 4) is 0 Å².